The van der Waals surface area contributed by atoms with E-state index >= 15 is 0 Å². The van der Waals surface area contributed by atoms with Gasteiger partial charge in [0.2, 0.25) is 0 Å². The van der Waals surface area contributed by atoms with Crippen LogP contribution >= 0.6 is 0 Å². The fourth-order valence-corrected chi connectivity index (χ4v) is 1.49. The number of hydroxylamine groups is 1. The van der Waals surface area contributed by atoms with Crippen LogP contribution in [0, 0.1) is 0 Å². The van der Waals surface area contributed by atoms with E-state index in [0.717, 1.165) is 25.9 Å². The molecule has 1 saturated heterocycles. The Labute approximate surface area is 67.7 Å². The SMILES string of the molecule is CCC1(C)CC(NO)CCO1. The summed E-state index contributed by atoms with van der Waals surface area (Å²) in [6.45, 7) is 4.96. The third kappa shape index (κ3) is 2.15. The Morgan fingerprint density at radius 1 is 1.73 bits per heavy atom. The normalized spacial score (nSPS) is 39.0. The van der Waals surface area contributed by atoms with E-state index in [1.807, 2.05) is 0 Å². The molecule has 2 atom stereocenters. The number of hydrogen-bond donors (Lipinski definition) is 2. The van der Waals surface area contributed by atoms with Crippen molar-refractivity contribution in [2.45, 2.75) is 44.8 Å². The molecule has 1 fully saturated rings. The van der Waals surface area contributed by atoms with E-state index in [0.29, 0.717) is 0 Å². The van der Waals surface area contributed by atoms with Crippen LogP contribution in [0.4, 0.5) is 0 Å². The predicted molar refractivity (Wildman–Crippen MR) is 42.6 cm³/mol. The van der Waals surface area contributed by atoms with E-state index in [1.54, 1.807) is 0 Å². The lowest BCUT2D eigenvalue weighted by Crippen LogP contribution is -2.44. The van der Waals surface area contributed by atoms with E-state index < -0.39 is 0 Å². The third-order valence-corrected chi connectivity index (χ3v) is 2.53. The minimum atomic E-state index is -0.0291. The lowest BCUT2D eigenvalue weighted by Gasteiger charge is -2.37. The van der Waals surface area contributed by atoms with E-state index in [2.05, 4.69) is 19.3 Å². The number of nitrogens with one attached hydrogen (secondary N) is 1. The average Bonchev–Trinajstić information content (AvgIpc) is 2.05. The monoisotopic (exact) mass is 159 g/mol. The summed E-state index contributed by atoms with van der Waals surface area (Å²) in [6.07, 6.45) is 2.82. The van der Waals surface area contributed by atoms with Gasteiger partial charge in [-0.05, 0) is 26.2 Å². The van der Waals surface area contributed by atoms with Crippen molar-refractivity contribution in [1.29, 1.82) is 0 Å². The van der Waals surface area contributed by atoms with Crippen LogP contribution in [0.3, 0.4) is 0 Å². The molecule has 0 bridgehead atoms. The summed E-state index contributed by atoms with van der Waals surface area (Å²) in [5.41, 5.74) is 2.28. The first kappa shape index (κ1) is 8.97. The zero-order valence-corrected chi connectivity index (χ0v) is 7.26. The van der Waals surface area contributed by atoms with Gasteiger partial charge in [0.25, 0.3) is 0 Å². The molecule has 1 aliphatic rings. The standard InChI is InChI=1S/C8H17NO2/c1-3-8(2)6-7(9-10)4-5-11-8/h7,9-10H,3-6H2,1-2H3. The molecule has 66 valence electrons. The molecular formula is C8H17NO2. The molecule has 2 unspecified atom stereocenters. The van der Waals surface area contributed by atoms with Gasteiger partial charge in [-0.1, -0.05) is 6.92 Å². The molecule has 11 heavy (non-hydrogen) atoms. The van der Waals surface area contributed by atoms with Crippen molar-refractivity contribution in [3.05, 3.63) is 0 Å². The molecule has 0 radical (unpaired) electrons. The van der Waals surface area contributed by atoms with Gasteiger partial charge in [0.1, 0.15) is 0 Å². The first-order chi connectivity index (χ1) is 5.20. The number of rotatable bonds is 2. The van der Waals surface area contributed by atoms with Gasteiger partial charge >= 0.3 is 0 Å². The van der Waals surface area contributed by atoms with Crippen LogP contribution < -0.4 is 5.48 Å². The summed E-state index contributed by atoms with van der Waals surface area (Å²) in [5, 5.41) is 8.71. The van der Waals surface area contributed by atoms with Crippen LogP contribution in [0.1, 0.15) is 33.1 Å². The Morgan fingerprint density at radius 3 is 3.00 bits per heavy atom. The Hall–Kier alpha value is -0.120. The topological polar surface area (TPSA) is 41.5 Å². The maximum atomic E-state index is 8.71. The molecule has 0 aromatic heterocycles. The van der Waals surface area contributed by atoms with Gasteiger partial charge in [-0.2, -0.15) is 0 Å². The van der Waals surface area contributed by atoms with Crippen LogP contribution in [-0.2, 0) is 4.74 Å². The van der Waals surface area contributed by atoms with Crippen molar-refractivity contribution in [3.8, 4) is 0 Å². The van der Waals surface area contributed by atoms with Crippen LogP contribution in [0.15, 0.2) is 0 Å². The molecule has 3 nitrogen and oxygen atoms in total. The molecule has 0 aromatic carbocycles. The van der Waals surface area contributed by atoms with Crippen molar-refractivity contribution in [2.75, 3.05) is 6.61 Å². The molecule has 0 saturated carbocycles. The second kappa shape index (κ2) is 3.52. The summed E-state index contributed by atoms with van der Waals surface area (Å²) < 4.78 is 5.60. The molecule has 0 aromatic rings. The zero-order valence-electron chi connectivity index (χ0n) is 7.26. The van der Waals surface area contributed by atoms with Crippen LogP contribution in [0.5, 0.6) is 0 Å². The Bertz CT molecular complexity index is 129. The second-order valence-electron chi connectivity index (χ2n) is 3.47. The highest BCUT2D eigenvalue weighted by Crippen LogP contribution is 2.27. The average molecular weight is 159 g/mol. The first-order valence-corrected chi connectivity index (χ1v) is 4.24. The maximum absolute atomic E-state index is 8.71. The molecule has 1 rings (SSSR count). The minimum absolute atomic E-state index is 0.0291. The first-order valence-electron chi connectivity index (χ1n) is 4.24. The Morgan fingerprint density at radius 2 is 2.45 bits per heavy atom. The molecule has 0 spiro atoms. The summed E-state index contributed by atoms with van der Waals surface area (Å²) >= 11 is 0. The Balaban J connectivity index is 2.44. The van der Waals surface area contributed by atoms with E-state index in [9.17, 15) is 0 Å². The van der Waals surface area contributed by atoms with Crippen LogP contribution in [-0.4, -0.2) is 23.5 Å². The third-order valence-electron chi connectivity index (χ3n) is 2.53. The van der Waals surface area contributed by atoms with Gasteiger partial charge in [0, 0.05) is 12.6 Å². The van der Waals surface area contributed by atoms with Gasteiger partial charge in [0.15, 0.2) is 0 Å². The van der Waals surface area contributed by atoms with Crippen LogP contribution in [0.25, 0.3) is 0 Å². The summed E-state index contributed by atoms with van der Waals surface area (Å²) in [5.74, 6) is 0. The number of ether oxygens (including phenoxy) is 1. The highest BCUT2D eigenvalue weighted by Gasteiger charge is 2.31. The second-order valence-corrected chi connectivity index (χ2v) is 3.47. The van der Waals surface area contributed by atoms with Gasteiger partial charge in [-0.15, -0.1) is 0 Å². The fraction of sp³-hybridized carbons (Fsp3) is 1.00. The molecule has 0 amide bonds. The largest absolute Gasteiger partial charge is 0.375 e. The number of hydrogen-bond acceptors (Lipinski definition) is 3. The molecule has 1 heterocycles. The smallest absolute Gasteiger partial charge is 0.0667 e. The van der Waals surface area contributed by atoms with Crippen molar-refractivity contribution in [2.24, 2.45) is 0 Å². The summed E-state index contributed by atoms with van der Waals surface area (Å²) in [7, 11) is 0. The molecule has 0 aliphatic carbocycles. The highest BCUT2D eigenvalue weighted by molar-refractivity contribution is 4.83. The minimum Gasteiger partial charge on any atom is -0.375 e. The van der Waals surface area contributed by atoms with E-state index in [-0.39, 0.29) is 11.6 Å². The van der Waals surface area contributed by atoms with E-state index in [1.165, 1.54) is 0 Å². The van der Waals surface area contributed by atoms with Gasteiger partial charge < -0.3 is 9.94 Å². The lowest BCUT2D eigenvalue weighted by atomic mass is 9.90. The quantitative estimate of drug-likeness (QED) is 0.597. The fourth-order valence-electron chi connectivity index (χ4n) is 1.49. The van der Waals surface area contributed by atoms with Gasteiger partial charge in [-0.3, -0.25) is 0 Å². The molecule has 2 N–H and O–H groups in total. The summed E-state index contributed by atoms with van der Waals surface area (Å²) in [6, 6.07) is 0.216. The molecule has 3 heteroatoms. The molecule has 1 aliphatic heterocycles. The van der Waals surface area contributed by atoms with E-state index in [4.69, 9.17) is 9.94 Å². The Kier molecular flexibility index (Phi) is 2.87. The highest BCUT2D eigenvalue weighted by atomic mass is 16.5. The van der Waals surface area contributed by atoms with Gasteiger partial charge in [0.05, 0.1) is 5.60 Å². The van der Waals surface area contributed by atoms with Gasteiger partial charge in [-0.25, -0.2) is 5.48 Å². The van der Waals surface area contributed by atoms with Crippen molar-refractivity contribution < 1.29 is 9.94 Å². The van der Waals surface area contributed by atoms with Crippen molar-refractivity contribution >= 4 is 0 Å². The lowest BCUT2D eigenvalue weighted by molar-refractivity contribution is -0.0930. The maximum Gasteiger partial charge on any atom is 0.0667 e. The predicted octanol–water partition coefficient (Wildman–Crippen LogP) is 1.31. The molecular weight excluding hydrogens is 142 g/mol. The van der Waals surface area contributed by atoms with Crippen LogP contribution in [0.2, 0.25) is 0 Å². The van der Waals surface area contributed by atoms with Crippen molar-refractivity contribution in [1.82, 2.24) is 5.48 Å². The van der Waals surface area contributed by atoms with Crippen molar-refractivity contribution in [3.63, 3.8) is 0 Å². The summed E-state index contributed by atoms with van der Waals surface area (Å²) in [4.78, 5) is 0. The zero-order chi connectivity index (χ0) is 8.32.